The molecule has 0 spiro atoms. The van der Waals surface area contributed by atoms with Crippen molar-refractivity contribution in [2.24, 2.45) is 0 Å². The molecule has 6 nitrogen and oxygen atoms in total. The Kier molecular flexibility index (Phi) is 7.29. The highest BCUT2D eigenvalue weighted by Crippen LogP contribution is 2.31. The summed E-state index contributed by atoms with van der Waals surface area (Å²) >= 11 is 0. The summed E-state index contributed by atoms with van der Waals surface area (Å²) in [5.41, 5.74) is 6.84. The predicted molar refractivity (Wildman–Crippen MR) is 103 cm³/mol. The molecule has 0 fully saturated rings. The average molecular weight is 378 g/mol. The van der Waals surface area contributed by atoms with E-state index in [4.69, 9.17) is 15.2 Å². The third-order valence-electron chi connectivity index (χ3n) is 3.92. The third-order valence-corrected chi connectivity index (χ3v) is 5.33. The molecule has 0 radical (unpaired) electrons. The van der Waals surface area contributed by atoms with Gasteiger partial charge in [-0.1, -0.05) is 31.9 Å². The monoisotopic (exact) mass is 378 g/mol. The number of methoxy groups -OCH3 is 1. The van der Waals surface area contributed by atoms with Crippen molar-refractivity contribution in [3.05, 3.63) is 48.0 Å². The second-order valence-corrected chi connectivity index (χ2v) is 7.66. The summed E-state index contributed by atoms with van der Waals surface area (Å²) in [4.78, 5) is 0.167. The number of nitrogens with two attached hydrogens (primary N) is 1. The van der Waals surface area contributed by atoms with Gasteiger partial charge in [0, 0.05) is 17.8 Å². The van der Waals surface area contributed by atoms with E-state index in [9.17, 15) is 8.42 Å². The van der Waals surface area contributed by atoms with Crippen molar-refractivity contribution < 1.29 is 17.9 Å². The van der Waals surface area contributed by atoms with Crippen LogP contribution in [0, 0.1) is 0 Å². The lowest BCUT2D eigenvalue weighted by atomic mass is 10.2. The fraction of sp³-hybridized carbons (Fsp3) is 0.368. The van der Waals surface area contributed by atoms with Crippen LogP contribution in [0.15, 0.2) is 47.4 Å². The van der Waals surface area contributed by atoms with Crippen LogP contribution in [0.3, 0.4) is 0 Å². The van der Waals surface area contributed by atoms with E-state index in [0.717, 1.165) is 24.8 Å². The number of nitrogen functional groups attached to an aromatic ring is 1. The van der Waals surface area contributed by atoms with Gasteiger partial charge in [-0.25, -0.2) is 13.1 Å². The van der Waals surface area contributed by atoms with Crippen molar-refractivity contribution in [3.63, 3.8) is 0 Å². The molecule has 142 valence electrons. The number of ether oxygens (including phenoxy) is 2. The van der Waals surface area contributed by atoms with E-state index < -0.39 is 10.0 Å². The molecule has 2 aromatic rings. The van der Waals surface area contributed by atoms with Gasteiger partial charge in [0.2, 0.25) is 10.0 Å². The Hall–Kier alpha value is -2.25. The molecule has 0 aromatic heterocycles. The zero-order chi connectivity index (χ0) is 19.0. The molecule has 0 atom stereocenters. The largest absolute Gasteiger partial charge is 0.493 e. The summed E-state index contributed by atoms with van der Waals surface area (Å²) in [6, 6.07) is 11.5. The molecule has 0 unspecified atom stereocenters. The highest BCUT2D eigenvalue weighted by atomic mass is 32.2. The van der Waals surface area contributed by atoms with Crippen LogP contribution in [-0.2, 0) is 16.6 Å². The van der Waals surface area contributed by atoms with Crippen LogP contribution in [0.4, 0.5) is 5.69 Å². The Balaban J connectivity index is 2.13. The van der Waals surface area contributed by atoms with Crippen LogP contribution in [0.1, 0.15) is 31.7 Å². The quantitative estimate of drug-likeness (QED) is 0.489. The van der Waals surface area contributed by atoms with Gasteiger partial charge in [0.15, 0.2) is 11.5 Å². The molecule has 0 aliphatic heterocycles. The second kappa shape index (κ2) is 9.45. The van der Waals surface area contributed by atoms with Gasteiger partial charge in [-0.15, -0.1) is 0 Å². The molecular weight excluding hydrogens is 352 g/mol. The van der Waals surface area contributed by atoms with E-state index in [1.807, 2.05) is 12.1 Å². The van der Waals surface area contributed by atoms with Crippen LogP contribution in [0.2, 0.25) is 0 Å². The Morgan fingerprint density at radius 2 is 1.81 bits per heavy atom. The molecule has 2 rings (SSSR count). The molecule has 0 aliphatic carbocycles. The first-order valence-corrected chi connectivity index (χ1v) is 10.1. The van der Waals surface area contributed by atoms with Gasteiger partial charge in [-0.3, -0.25) is 0 Å². The maximum Gasteiger partial charge on any atom is 0.240 e. The molecule has 0 amide bonds. The molecule has 7 heteroatoms. The Morgan fingerprint density at radius 1 is 1.08 bits per heavy atom. The van der Waals surface area contributed by atoms with Crippen molar-refractivity contribution in [1.29, 1.82) is 0 Å². The van der Waals surface area contributed by atoms with Crippen LogP contribution in [0.5, 0.6) is 11.5 Å². The first-order chi connectivity index (χ1) is 12.5. The van der Waals surface area contributed by atoms with Gasteiger partial charge in [-0.2, -0.15) is 0 Å². The maximum atomic E-state index is 12.5. The highest BCUT2D eigenvalue weighted by Gasteiger charge is 2.16. The first kappa shape index (κ1) is 20.1. The normalized spacial score (nSPS) is 11.3. The van der Waals surface area contributed by atoms with Crippen LogP contribution in [-0.4, -0.2) is 22.1 Å². The van der Waals surface area contributed by atoms with E-state index in [1.165, 1.54) is 12.1 Å². The zero-order valence-electron chi connectivity index (χ0n) is 15.2. The van der Waals surface area contributed by atoms with Gasteiger partial charge in [0.1, 0.15) is 0 Å². The Bertz CT molecular complexity index is 805. The summed E-state index contributed by atoms with van der Waals surface area (Å²) < 4.78 is 38.7. The van der Waals surface area contributed by atoms with Crippen molar-refractivity contribution in [2.75, 3.05) is 19.5 Å². The van der Waals surface area contributed by atoms with Gasteiger partial charge < -0.3 is 15.2 Å². The molecular formula is C19H26N2O4S. The zero-order valence-corrected chi connectivity index (χ0v) is 16.0. The topological polar surface area (TPSA) is 90.7 Å². The Morgan fingerprint density at radius 3 is 2.46 bits per heavy atom. The standard InChI is InChI=1S/C19H26N2O4S/c1-3-4-5-13-25-19-15(7-6-8-18(19)24-2)14-21-26(22,23)17-11-9-16(20)10-12-17/h6-12,21H,3-5,13-14,20H2,1-2H3. The lowest BCUT2D eigenvalue weighted by Crippen LogP contribution is -2.23. The molecule has 26 heavy (non-hydrogen) atoms. The number of anilines is 1. The molecule has 3 N–H and O–H groups in total. The maximum absolute atomic E-state index is 12.5. The first-order valence-electron chi connectivity index (χ1n) is 8.62. The highest BCUT2D eigenvalue weighted by molar-refractivity contribution is 7.89. The van der Waals surface area contributed by atoms with Crippen LogP contribution < -0.4 is 19.9 Å². The smallest absolute Gasteiger partial charge is 0.240 e. The number of benzene rings is 2. The van der Waals surface area contributed by atoms with Gasteiger partial charge in [0.05, 0.1) is 18.6 Å². The molecule has 2 aromatic carbocycles. The van der Waals surface area contributed by atoms with Crippen molar-refractivity contribution in [3.8, 4) is 11.5 Å². The molecule has 0 saturated carbocycles. The minimum Gasteiger partial charge on any atom is -0.493 e. The fourth-order valence-electron chi connectivity index (χ4n) is 2.45. The molecule has 0 bridgehead atoms. The number of para-hydroxylation sites is 1. The third kappa shape index (κ3) is 5.37. The SMILES string of the molecule is CCCCCOc1c(CNS(=O)(=O)c2ccc(N)cc2)cccc1OC. The van der Waals surface area contributed by atoms with Gasteiger partial charge in [0.25, 0.3) is 0 Å². The lowest BCUT2D eigenvalue weighted by molar-refractivity contribution is 0.283. The number of nitrogens with one attached hydrogen (secondary N) is 1. The number of sulfonamides is 1. The molecule has 0 saturated heterocycles. The van der Waals surface area contributed by atoms with E-state index in [-0.39, 0.29) is 11.4 Å². The molecule has 0 heterocycles. The molecule has 0 aliphatic rings. The van der Waals surface area contributed by atoms with E-state index in [1.54, 1.807) is 25.3 Å². The number of rotatable bonds is 10. The predicted octanol–water partition coefficient (Wildman–Crippen LogP) is 3.32. The summed E-state index contributed by atoms with van der Waals surface area (Å²) in [5.74, 6) is 1.16. The minimum absolute atomic E-state index is 0.104. The summed E-state index contributed by atoms with van der Waals surface area (Å²) in [6.07, 6.45) is 3.11. The summed E-state index contributed by atoms with van der Waals surface area (Å²) in [7, 11) is -2.08. The lowest BCUT2D eigenvalue weighted by Gasteiger charge is -2.15. The second-order valence-electron chi connectivity index (χ2n) is 5.90. The number of hydrogen-bond donors (Lipinski definition) is 2. The number of hydrogen-bond acceptors (Lipinski definition) is 5. The minimum atomic E-state index is -3.64. The van der Waals surface area contributed by atoms with E-state index in [0.29, 0.717) is 23.8 Å². The van der Waals surface area contributed by atoms with E-state index >= 15 is 0 Å². The van der Waals surface area contributed by atoms with Crippen LogP contribution in [0.25, 0.3) is 0 Å². The summed E-state index contributed by atoms with van der Waals surface area (Å²) in [5, 5.41) is 0. The number of unbranched alkanes of at least 4 members (excludes halogenated alkanes) is 2. The van der Waals surface area contributed by atoms with Gasteiger partial charge in [-0.05, 0) is 36.8 Å². The average Bonchev–Trinajstić information content (AvgIpc) is 2.64. The summed E-state index contributed by atoms with van der Waals surface area (Å²) in [6.45, 7) is 2.79. The van der Waals surface area contributed by atoms with Crippen molar-refractivity contribution >= 4 is 15.7 Å². The van der Waals surface area contributed by atoms with Crippen molar-refractivity contribution in [1.82, 2.24) is 4.72 Å². The fourth-order valence-corrected chi connectivity index (χ4v) is 3.46. The van der Waals surface area contributed by atoms with Crippen molar-refractivity contribution in [2.45, 2.75) is 37.6 Å². The Labute approximate surface area is 155 Å². The van der Waals surface area contributed by atoms with Gasteiger partial charge >= 0.3 is 0 Å². The van der Waals surface area contributed by atoms with E-state index in [2.05, 4.69) is 11.6 Å². The van der Waals surface area contributed by atoms with Crippen LogP contribution >= 0.6 is 0 Å².